The lowest BCUT2D eigenvalue weighted by Crippen LogP contribution is -2.45. The summed E-state index contributed by atoms with van der Waals surface area (Å²) in [5, 5.41) is 0.774. The highest BCUT2D eigenvalue weighted by atomic mass is 35.5. The monoisotopic (exact) mass is 380 g/mol. The van der Waals surface area contributed by atoms with E-state index < -0.39 is 5.82 Å². The summed E-state index contributed by atoms with van der Waals surface area (Å²) in [6.45, 7) is 4.34. The number of nitrogens with one attached hydrogen (secondary N) is 1. The molecule has 0 saturated heterocycles. The zero-order valence-corrected chi connectivity index (χ0v) is 16.0. The molecule has 1 atom stereocenters. The van der Waals surface area contributed by atoms with Gasteiger partial charge in [0.15, 0.2) is 0 Å². The molecule has 3 rings (SSSR count). The molecule has 0 radical (unpaired) electrons. The van der Waals surface area contributed by atoms with Crippen LogP contribution in [0.3, 0.4) is 0 Å². The number of hydrogen-bond donors (Lipinski definition) is 2. The van der Waals surface area contributed by atoms with Crippen molar-refractivity contribution < 1.29 is 9.13 Å². The third kappa shape index (κ3) is 3.47. The maximum absolute atomic E-state index is 14.0. The van der Waals surface area contributed by atoms with Crippen LogP contribution in [0.1, 0.15) is 52.4 Å². The van der Waals surface area contributed by atoms with E-state index in [0.29, 0.717) is 10.8 Å². The Morgan fingerprint density at radius 1 is 1.35 bits per heavy atom. The number of aromatic amines is 1. The first-order chi connectivity index (χ1) is 12.4. The molecule has 2 aromatic rings. The van der Waals surface area contributed by atoms with E-state index in [1.165, 1.54) is 12.1 Å². The molecule has 142 valence electrons. The number of ether oxygens (including phenoxy) is 1. The van der Waals surface area contributed by atoms with Crippen LogP contribution in [-0.2, 0) is 0 Å². The van der Waals surface area contributed by atoms with Gasteiger partial charge in [-0.1, -0.05) is 25.4 Å². The second-order valence-corrected chi connectivity index (χ2v) is 7.75. The van der Waals surface area contributed by atoms with Crippen LogP contribution < -0.4 is 16.0 Å². The SMILES string of the molecule is CC[C@@H](N)[C@]1(CC)CC[C@@H](Oc2cc3c(F)c[nH]c(=O)c3cc2Cl)CC1. The lowest BCUT2D eigenvalue weighted by atomic mass is 9.66. The number of benzene rings is 1. The van der Waals surface area contributed by atoms with E-state index in [1.54, 1.807) is 0 Å². The Labute approximate surface area is 157 Å². The molecular weight excluding hydrogens is 355 g/mol. The molecule has 1 saturated carbocycles. The van der Waals surface area contributed by atoms with Gasteiger partial charge in [0, 0.05) is 17.6 Å². The molecule has 1 aliphatic rings. The van der Waals surface area contributed by atoms with Crippen molar-refractivity contribution in [2.75, 3.05) is 0 Å². The highest BCUT2D eigenvalue weighted by Crippen LogP contribution is 2.44. The van der Waals surface area contributed by atoms with Crippen molar-refractivity contribution in [3.05, 3.63) is 39.5 Å². The Morgan fingerprint density at radius 3 is 2.65 bits per heavy atom. The number of fused-ring (bicyclic) bond motifs is 1. The Hall–Kier alpha value is -1.59. The fourth-order valence-corrected chi connectivity index (χ4v) is 4.40. The fraction of sp³-hybridized carbons (Fsp3) is 0.550. The summed E-state index contributed by atoms with van der Waals surface area (Å²) < 4.78 is 20.1. The molecule has 0 bridgehead atoms. The predicted octanol–water partition coefficient (Wildman–Crippen LogP) is 4.78. The van der Waals surface area contributed by atoms with Gasteiger partial charge in [-0.25, -0.2) is 4.39 Å². The van der Waals surface area contributed by atoms with Gasteiger partial charge in [-0.05, 0) is 56.1 Å². The zero-order chi connectivity index (χ0) is 18.9. The van der Waals surface area contributed by atoms with Crippen molar-refractivity contribution in [3.63, 3.8) is 0 Å². The largest absolute Gasteiger partial charge is 0.489 e. The van der Waals surface area contributed by atoms with Gasteiger partial charge in [0.05, 0.1) is 16.5 Å². The van der Waals surface area contributed by atoms with Crippen LogP contribution in [-0.4, -0.2) is 17.1 Å². The summed E-state index contributed by atoms with van der Waals surface area (Å²) >= 11 is 6.28. The highest BCUT2D eigenvalue weighted by Gasteiger charge is 2.38. The molecule has 0 amide bonds. The van der Waals surface area contributed by atoms with Crippen molar-refractivity contribution in [1.29, 1.82) is 0 Å². The van der Waals surface area contributed by atoms with Crippen LogP contribution >= 0.6 is 11.6 Å². The van der Waals surface area contributed by atoms with Gasteiger partial charge in [-0.3, -0.25) is 4.79 Å². The summed E-state index contributed by atoms with van der Waals surface area (Å²) in [6, 6.07) is 3.21. The van der Waals surface area contributed by atoms with Crippen molar-refractivity contribution in [2.45, 2.75) is 64.5 Å². The molecule has 3 N–H and O–H groups in total. The van der Waals surface area contributed by atoms with Gasteiger partial charge >= 0.3 is 0 Å². The zero-order valence-electron chi connectivity index (χ0n) is 15.3. The minimum Gasteiger partial charge on any atom is -0.489 e. The Bertz CT molecular complexity index is 844. The predicted molar refractivity (Wildman–Crippen MR) is 103 cm³/mol. The molecule has 1 fully saturated rings. The van der Waals surface area contributed by atoms with Crippen LogP contribution in [0.5, 0.6) is 5.75 Å². The second-order valence-electron chi connectivity index (χ2n) is 7.34. The Kier molecular flexibility index (Phi) is 5.58. The van der Waals surface area contributed by atoms with E-state index in [4.69, 9.17) is 22.1 Å². The van der Waals surface area contributed by atoms with Crippen LogP contribution in [0, 0.1) is 11.2 Å². The van der Waals surface area contributed by atoms with E-state index in [2.05, 4.69) is 18.8 Å². The van der Waals surface area contributed by atoms with Crippen molar-refractivity contribution >= 4 is 22.4 Å². The van der Waals surface area contributed by atoms with Crippen molar-refractivity contribution in [2.24, 2.45) is 11.1 Å². The third-order valence-corrected chi connectivity index (χ3v) is 6.35. The molecule has 0 spiro atoms. The third-order valence-electron chi connectivity index (χ3n) is 6.06. The van der Waals surface area contributed by atoms with Crippen LogP contribution in [0.4, 0.5) is 4.39 Å². The fourth-order valence-electron chi connectivity index (χ4n) is 4.20. The van der Waals surface area contributed by atoms with Crippen molar-refractivity contribution in [3.8, 4) is 5.75 Å². The smallest absolute Gasteiger partial charge is 0.256 e. The lowest BCUT2D eigenvalue weighted by Gasteiger charge is -2.43. The number of rotatable bonds is 5. The van der Waals surface area contributed by atoms with Gasteiger partial charge < -0.3 is 15.5 Å². The molecule has 4 nitrogen and oxygen atoms in total. The van der Waals surface area contributed by atoms with E-state index in [0.717, 1.165) is 44.7 Å². The molecule has 1 aromatic heterocycles. The minimum atomic E-state index is -0.497. The van der Waals surface area contributed by atoms with Crippen molar-refractivity contribution in [1.82, 2.24) is 4.98 Å². The van der Waals surface area contributed by atoms with Crippen LogP contribution in [0.25, 0.3) is 10.8 Å². The van der Waals surface area contributed by atoms with Crippen LogP contribution in [0.2, 0.25) is 5.02 Å². The van der Waals surface area contributed by atoms with Gasteiger partial charge in [-0.15, -0.1) is 0 Å². The van der Waals surface area contributed by atoms with E-state index in [1.807, 2.05) is 0 Å². The summed E-state index contributed by atoms with van der Waals surface area (Å²) in [5.41, 5.74) is 6.19. The van der Waals surface area contributed by atoms with Crippen LogP contribution in [0.15, 0.2) is 23.1 Å². The molecule has 0 unspecified atom stereocenters. The summed E-state index contributed by atoms with van der Waals surface area (Å²) in [5.74, 6) is -0.0684. The van der Waals surface area contributed by atoms with Gasteiger partial charge in [-0.2, -0.15) is 0 Å². The minimum absolute atomic E-state index is 0.0266. The molecule has 26 heavy (non-hydrogen) atoms. The van der Waals surface area contributed by atoms with E-state index >= 15 is 0 Å². The number of H-pyrrole nitrogens is 1. The first-order valence-electron chi connectivity index (χ1n) is 9.33. The maximum Gasteiger partial charge on any atom is 0.256 e. The molecule has 1 aliphatic carbocycles. The highest BCUT2D eigenvalue weighted by molar-refractivity contribution is 6.32. The van der Waals surface area contributed by atoms with E-state index in [9.17, 15) is 9.18 Å². The molecule has 1 heterocycles. The summed E-state index contributed by atoms with van der Waals surface area (Å²) in [6.07, 6.45) is 6.96. The molecule has 1 aromatic carbocycles. The second kappa shape index (κ2) is 7.57. The maximum atomic E-state index is 14.0. The Balaban J connectivity index is 1.79. The number of pyridine rings is 1. The molecular formula is C20H26ClFN2O2. The molecule has 0 aliphatic heterocycles. The number of halogens is 2. The van der Waals surface area contributed by atoms with Gasteiger partial charge in [0.2, 0.25) is 0 Å². The average Bonchev–Trinajstić information content (AvgIpc) is 2.66. The Morgan fingerprint density at radius 2 is 2.04 bits per heavy atom. The quantitative estimate of drug-likeness (QED) is 0.784. The van der Waals surface area contributed by atoms with E-state index in [-0.39, 0.29) is 33.9 Å². The average molecular weight is 381 g/mol. The number of aromatic nitrogens is 1. The standard InChI is InChI=1S/C20H26ClFN2O2/c1-3-18(23)20(4-2)7-5-12(6-8-20)26-17-10-13-14(9-15(17)21)19(25)24-11-16(13)22/h9-12,18H,3-8,23H2,1-2H3,(H,24,25)/t12-,18-,20-/m1/s1. The number of nitrogens with two attached hydrogens (primary N) is 1. The lowest BCUT2D eigenvalue weighted by molar-refractivity contribution is 0.0569. The number of hydrogen-bond acceptors (Lipinski definition) is 3. The first kappa shape index (κ1) is 19.2. The normalized spacial score (nSPS) is 24.6. The summed E-state index contributed by atoms with van der Waals surface area (Å²) in [7, 11) is 0. The molecule has 6 heteroatoms. The topological polar surface area (TPSA) is 68.1 Å². The summed E-state index contributed by atoms with van der Waals surface area (Å²) in [4.78, 5) is 14.2. The first-order valence-corrected chi connectivity index (χ1v) is 9.70. The van der Waals surface area contributed by atoms with Gasteiger partial charge in [0.25, 0.3) is 5.56 Å². The van der Waals surface area contributed by atoms with Gasteiger partial charge in [0.1, 0.15) is 11.6 Å².